The molecule has 1 aliphatic carbocycles. The number of ether oxygens (including phenoxy) is 2. The standard InChI is InChI=1S/C39H51N7O5/c1-27-26-44(38(49)51-39(2,3)4)18-19-45(27)37(48)30-12-14-32(15-13-30)46-33-23-35(50-21-20-43-16-6-5-7-17-43)41-25-31(33)22-34(46)42-36(47)29-10-8-28(24-40)9-11-29/h8-11,23,25,27,30,32H,5-7,12-22,26H2,1-4H3/t27-,30?,32?/m1/s1. The van der Waals surface area contributed by atoms with Crippen molar-refractivity contribution in [3.05, 3.63) is 53.2 Å². The third-order valence-electron chi connectivity index (χ3n) is 10.4. The molecule has 1 saturated carbocycles. The molecule has 0 spiro atoms. The number of anilines is 1. The number of pyridine rings is 1. The fourth-order valence-electron chi connectivity index (χ4n) is 7.71. The first-order valence-corrected chi connectivity index (χ1v) is 18.5. The number of amides is 3. The zero-order valence-corrected chi connectivity index (χ0v) is 30.5. The fraction of sp³-hybridized carbons (Fsp3) is 0.590. The maximum absolute atomic E-state index is 13.8. The molecule has 1 aromatic carbocycles. The number of hydrogen-bond acceptors (Lipinski definition) is 8. The van der Waals surface area contributed by atoms with Crippen molar-refractivity contribution in [3.63, 3.8) is 0 Å². The molecule has 2 saturated heterocycles. The highest BCUT2D eigenvalue weighted by atomic mass is 16.6. The molecule has 3 fully saturated rings. The quantitative estimate of drug-likeness (QED) is 0.371. The number of carbonyl (C=O) groups is 3. The fourth-order valence-corrected chi connectivity index (χ4v) is 7.71. The lowest BCUT2D eigenvalue weighted by Crippen LogP contribution is -2.57. The van der Waals surface area contributed by atoms with Gasteiger partial charge >= 0.3 is 6.09 Å². The summed E-state index contributed by atoms with van der Waals surface area (Å²) in [5.74, 6) is 0.893. The highest BCUT2D eigenvalue weighted by molar-refractivity contribution is 6.12. The zero-order chi connectivity index (χ0) is 36.1. The predicted molar refractivity (Wildman–Crippen MR) is 194 cm³/mol. The van der Waals surface area contributed by atoms with Crippen molar-refractivity contribution in [3.8, 4) is 11.9 Å². The van der Waals surface area contributed by atoms with Crippen molar-refractivity contribution in [1.29, 1.82) is 5.26 Å². The van der Waals surface area contributed by atoms with E-state index >= 15 is 0 Å². The van der Waals surface area contributed by atoms with Gasteiger partial charge in [0, 0.05) is 74.0 Å². The number of benzene rings is 1. The first kappa shape index (κ1) is 36.3. The van der Waals surface area contributed by atoms with E-state index in [1.54, 1.807) is 29.2 Å². The average Bonchev–Trinajstić information content (AvgIpc) is 3.48. The summed E-state index contributed by atoms with van der Waals surface area (Å²) in [6.07, 6.45) is 8.68. The lowest BCUT2D eigenvalue weighted by Gasteiger charge is -2.43. The van der Waals surface area contributed by atoms with E-state index in [-0.39, 0.29) is 35.9 Å². The number of piperidine rings is 1. The van der Waals surface area contributed by atoms with Gasteiger partial charge in [-0.2, -0.15) is 10.3 Å². The maximum Gasteiger partial charge on any atom is 0.410 e. The van der Waals surface area contributed by atoms with Gasteiger partial charge in [-0.15, -0.1) is 0 Å². The van der Waals surface area contributed by atoms with Crippen LogP contribution in [0.4, 0.5) is 10.5 Å². The Morgan fingerprint density at radius 2 is 1.73 bits per heavy atom. The second-order valence-electron chi connectivity index (χ2n) is 15.3. The topological polar surface area (TPSA) is 132 Å². The summed E-state index contributed by atoms with van der Waals surface area (Å²) in [6.45, 7) is 12.6. The molecule has 51 heavy (non-hydrogen) atoms. The van der Waals surface area contributed by atoms with E-state index in [0.29, 0.717) is 55.5 Å². The molecule has 1 atom stereocenters. The summed E-state index contributed by atoms with van der Waals surface area (Å²) in [6, 6.07) is 10.5. The van der Waals surface area contributed by atoms with Crippen LogP contribution in [0.1, 0.15) is 94.1 Å². The van der Waals surface area contributed by atoms with Crippen LogP contribution >= 0.6 is 0 Å². The number of hydrogen-bond donors (Lipinski definition) is 0. The van der Waals surface area contributed by atoms with Gasteiger partial charge in [-0.25, -0.2) is 9.78 Å². The number of aromatic nitrogens is 1. The van der Waals surface area contributed by atoms with Crippen molar-refractivity contribution in [2.75, 3.05) is 50.8 Å². The van der Waals surface area contributed by atoms with Crippen molar-refractivity contribution in [1.82, 2.24) is 19.7 Å². The molecule has 272 valence electrons. The molecule has 0 unspecified atom stereocenters. The lowest BCUT2D eigenvalue weighted by molar-refractivity contribution is -0.141. The Hall–Kier alpha value is -4.50. The number of fused-ring (bicyclic) bond motifs is 1. The Kier molecular flexibility index (Phi) is 11.2. The number of nitriles is 1. The number of carbonyl (C=O) groups excluding carboxylic acids is 3. The number of likely N-dealkylation sites (tertiary alicyclic amines) is 1. The SMILES string of the molecule is C[C@@H]1CN(C(=O)OC(C)(C)C)CCN1C(=O)C1CCC(N2C(=NC(=O)c3ccc(C#N)cc3)Cc3cnc(OCCN4CCCCC4)cc32)CC1. The molecule has 3 aliphatic heterocycles. The Labute approximate surface area is 301 Å². The summed E-state index contributed by atoms with van der Waals surface area (Å²) < 4.78 is 11.7. The van der Waals surface area contributed by atoms with Crippen LogP contribution in [0.15, 0.2) is 41.5 Å². The predicted octanol–water partition coefficient (Wildman–Crippen LogP) is 5.45. The lowest BCUT2D eigenvalue weighted by atomic mass is 9.84. The van der Waals surface area contributed by atoms with Crippen molar-refractivity contribution >= 4 is 29.4 Å². The molecular weight excluding hydrogens is 646 g/mol. The summed E-state index contributed by atoms with van der Waals surface area (Å²) in [5.41, 5.74) is 2.28. The molecule has 4 heterocycles. The number of piperazine rings is 1. The Balaban J connectivity index is 1.14. The molecule has 3 amide bonds. The molecule has 12 heteroatoms. The highest BCUT2D eigenvalue weighted by Gasteiger charge is 2.40. The molecule has 12 nitrogen and oxygen atoms in total. The van der Waals surface area contributed by atoms with Crippen molar-refractivity contribution in [2.45, 2.75) is 96.7 Å². The van der Waals surface area contributed by atoms with Gasteiger partial charge in [0.2, 0.25) is 11.8 Å². The number of amidine groups is 1. The number of aliphatic imine (C=N–C) groups is 1. The molecule has 2 aromatic rings. The first-order chi connectivity index (χ1) is 24.5. The largest absolute Gasteiger partial charge is 0.476 e. The molecule has 6 rings (SSSR count). The van der Waals surface area contributed by atoms with Gasteiger partial charge in [-0.05, 0) is 104 Å². The third kappa shape index (κ3) is 8.87. The summed E-state index contributed by atoms with van der Waals surface area (Å²) in [5, 5.41) is 9.19. The van der Waals surface area contributed by atoms with Gasteiger partial charge in [-0.3, -0.25) is 14.5 Å². The van der Waals surface area contributed by atoms with Crippen LogP contribution < -0.4 is 9.64 Å². The van der Waals surface area contributed by atoms with Gasteiger partial charge in [0.05, 0.1) is 17.3 Å². The number of nitrogens with zero attached hydrogens (tertiary/aromatic N) is 7. The van der Waals surface area contributed by atoms with Crippen LogP contribution in [-0.2, 0) is 16.0 Å². The van der Waals surface area contributed by atoms with E-state index in [9.17, 15) is 19.6 Å². The molecule has 0 radical (unpaired) electrons. The average molecular weight is 698 g/mol. The normalized spacial score (nSPS) is 23.5. The number of rotatable bonds is 7. The smallest absolute Gasteiger partial charge is 0.410 e. The van der Waals surface area contributed by atoms with Gasteiger partial charge in [0.15, 0.2) is 0 Å². The monoisotopic (exact) mass is 697 g/mol. The Morgan fingerprint density at radius 1 is 1.00 bits per heavy atom. The Bertz CT molecular complexity index is 1650. The molecule has 0 bridgehead atoms. The molecular formula is C39H51N7O5. The second kappa shape index (κ2) is 15.8. The highest BCUT2D eigenvalue weighted by Crippen LogP contribution is 2.39. The zero-order valence-electron chi connectivity index (χ0n) is 30.5. The second-order valence-corrected chi connectivity index (χ2v) is 15.3. The van der Waals surface area contributed by atoms with Gasteiger partial charge < -0.3 is 24.2 Å². The minimum Gasteiger partial charge on any atom is -0.476 e. The van der Waals surface area contributed by atoms with E-state index in [1.165, 1.54) is 19.3 Å². The minimum absolute atomic E-state index is 0.0489. The summed E-state index contributed by atoms with van der Waals surface area (Å²) in [4.78, 5) is 57.4. The Morgan fingerprint density at radius 3 is 2.39 bits per heavy atom. The van der Waals surface area contributed by atoms with E-state index in [4.69, 9.17) is 9.47 Å². The van der Waals surface area contributed by atoms with E-state index in [2.05, 4.69) is 25.8 Å². The van der Waals surface area contributed by atoms with Gasteiger partial charge in [0.1, 0.15) is 18.0 Å². The van der Waals surface area contributed by atoms with E-state index in [1.807, 2.05) is 44.9 Å². The van der Waals surface area contributed by atoms with Crippen LogP contribution in [0.25, 0.3) is 0 Å². The molecule has 0 N–H and O–H groups in total. The molecule has 1 aromatic heterocycles. The van der Waals surface area contributed by atoms with Crippen LogP contribution in [-0.4, -0.2) is 107 Å². The van der Waals surface area contributed by atoms with E-state index < -0.39 is 5.60 Å². The summed E-state index contributed by atoms with van der Waals surface area (Å²) >= 11 is 0. The van der Waals surface area contributed by atoms with Crippen LogP contribution in [0.2, 0.25) is 0 Å². The van der Waals surface area contributed by atoms with Gasteiger partial charge in [-0.1, -0.05) is 6.42 Å². The third-order valence-corrected chi connectivity index (χ3v) is 10.4. The van der Waals surface area contributed by atoms with Gasteiger partial charge in [0.25, 0.3) is 5.91 Å². The van der Waals surface area contributed by atoms with Crippen LogP contribution in [0, 0.1) is 17.2 Å². The minimum atomic E-state index is -0.568. The van der Waals surface area contributed by atoms with E-state index in [0.717, 1.165) is 56.6 Å². The maximum atomic E-state index is 13.8. The van der Waals surface area contributed by atoms with Crippen molar-refractivity contribution < 1.29 is 23.9 Å². The first-order valence-electron chi connectivity index (χ1n) is 18.5. The van der Waals surface area contributed by atoms with Crippen LogP contribution in [0.5, 0.6) is 5.88 Å². The molecule has 4 aliphatic rings. The summed E-state index contributed by atoms with van der Waals surface area (Å²) in [7, 11) is 0. The van der Waals surface area contributed by atoms with Crippen LogP contribution in [0.3, 0.4) is 0 Å². The van der Waals surface area contributed by atoms with Crippen molar-refractivity contribution in [2.24, 2.45) is 10.9 Å².